The second kappa shape index (κ2) is 2.91. The van der Waals surface area contributed by atoms with E-state index in [-0.39, 0.29) is 0 Å². The van der Waals surface area contributed by atoms with Gasteiger partial charge in [-0.25, -0.2) is 0 Å². The molecule has 0 spiro atoms. The van der Waals surface area contributed by atoms with E-state index in [1.807, 2.05) is 0 Å². The van der Waals surface area contributed by atoms with Crippen LogP contribution >= 0.6 is 12.6 Å². The van der Waals surface area contributed by atoms with E-state index < -0.39 is 17.3 Å². The summed E-state index contributed by atoms with van der Waals surface area (Å²) >= 11 is 3.68. The van der Waals surface area contributed by atoms with Gasteiger partial charge in [0, 0.05) is 0 Å². The summed E-state index contributed by atoms with van der Waals surface area (Å²) in [6.45, 7) is 0. The molecule has 2 atom stereocenters. The van der Waals surface area contributed by atoms with Crippen LogP contribution in [0.2, 0.25) is 0 Å². The minimum atomic E-state index is -0.849. The highest BCUT2D eigenvalue weighted by atomic mass is 32.1. The molecule has 1 unspecified atom stereocenters. The van der Waals surface area contributed by atoms with Crippen LogP contribution in [0.25, 0.3) is 0 Å². The van der Waals surface area contributed by atoms with E-state index in [1.165, 1.54) is 0 Å². The Balaban J connectivity index is 3.64. The lowest BCUT2D eigenvalue weighted by Crippen LogP contribution is -2.47. The van der Waals surface area contributed by atoms with Gasteiger partial charge in [0.25, 0.3) is 0 Å². The molecular formula is C3H9N3OS. The maximum absolute atomic E-state index is 10.1. The van der Waals surface area contributed by atoms with Crippen LogP contribution in [-0.4, -0.2) is 17.3 Å². The summed E-state index contributed by atoms with van der Waals surface area (Å²) in [7, 11) is 0. The summed E-state index contributed by atoms with van der Waals surface area (Å²) in [5.74, 6) is -0.632. The Bertz CT molecular complexity index is 94.5. The zero-order chi connectivity index (χ0) is 6.73. The number of amides is 1. The van der Waals surface area contributed by atoms with Crippen molar-refractivity contribution in [2.45, 2.75) is 11.4 Å². The molecule has 0 saturated heterocycles. The Hall–Kier alpha value is -0.260. The SMILES string of the molecule is NC(=O)[C@H](N)C(N)S. The van der Waals surface area contributed by atoms with Gasteiger partial charge in [-0.3, -0.25) is 4.79 Å². The first-order chi connectivity index (χ1) is 3.55. The van der Waals surface area contributed by atoms with Crippen LogP contribution < -0.4 is 17.2 Å². The quantitative estimate of drug-likeness (QED) is 0.261. The molecule has 48 valence electrons. The van der Waals surface area contributed by atoms with Crippen LogP contribution in [0.3, 0.4) is 0 Å². The molecule has 0 fully saturated rings. The van der Waals surface area contributed by atoms with E-state index >= 15 is 0 Å². The van der Waals surface area contributed by atoms with E-state index in [9.17, 15) is 4.79 Å². The van der Waals surface area contributed by atoms with Crippen molar-refractivity contribution >= 4 is 18.5 Å². The van der Waals surface area contributed by atoms with Crippen molar-refractivity contribution in [1.82, 2.24) is 0 Å². The molecule has 5 heteroatoms. The maximum Gasteiger partial charge on any atom is 0.236 e. The van der Waals surface area contributed by atoms with Gasteiger partial charge >= 0.3 is 0 Å². The van der Waals surface area contributed by atoms with Crippen molar-refractivity contribution in [3.63, 3.8) is 0 Å². The molecule has 0 aromatic carbocycles. The topological polar surface area (TPSA) is 95.1 Å². The molecule has 6 N–H and O–H groups in total. The molecule has 0 aliphatic rings. The van der Waals surface area contributed by atoms with Gasteiger partial charge in [-0.1, -0.05) is 0 Å². The molecule has 0 radical (unpaired) electrons. The van der Waals surface area contributed by atoms with Gasteiger partial charge in [-0.2, -0.15) is 12.6 Å². The highest BCUT2D eigenvalue weighted by Crippen LogP contribution is 1.88. The Morgan fingerprint density at radius 3 is 1.88 bits per heavy atom. The number of rotatable bonds is 2. The number of hydrogen-bond acceptors (Lipinski definition) is 4. The summed E-state index contributed by atoms with van der Waals surface area (Å²) in [5, 5.41) is -0.660. The third kappa shape index (κ3) is 2.15. The number of carbonyl (C=O) groups is 1. The van der Waals surface area contributed by atoms with E-state index in [0.717, 1.165) is 0 Å². The summed E-state index contributed by atoms with van der Waals surface area (Å²) < 4.78 is 0. The fourth-order valence-corrected chi connectivity index (χ4v) is 0.315. The fraction of sp³-hybridized carbons (Fsp3) is 0.667. The molecule has 8 heavy (non-hydrogen) atoms. The first-order valence-corrected chi connectivity index (χ1v) is 2.56. The summed E-state index contributed by atoms with van der Waals surface area (Å²) in [6, 6.07) is -0.849. The van der Waals surface area contributed by atoms with Crippen LogP contribution in [-0.2, 0) is 4.79 Å². The number of primary amides is 1. The van der Waals surface area contributed by atoms with Gasteiger partial charge in [0.1, 0.15) is 6.04 Å². The Morgan fingerprint density at radius 1 is 1.50 bits per heavy atom. The normalized spacial score (nSPS) is 17.4. The Labute approximate surface area is 52.8 Å². The van der Waals surface area contributed by atoms with Crippen molar-refractivity contribution in [2.24, 2.45) is 17.2 Å². The summed E-state index contributed by atoms with van der Waals surface area (Å²) in [5.41, 5.74) is 14.9. The number of thiol groups is 1. The smallest absolute Gasteiger partial charge is 0.236 e. The highest BCUT2D eigenvalue weighted by Gasteiger charge is 2.13. The molecule has 0 aliphatic heterocycles. The molecular weight excluding hydrogens is 126 g/mol. The van der Waals surface area contributed by atoms with Crippen LogP contribution in [0.1, 0.15) is 0 Å². The standard InChI is InChI=1S/C3H9N3OS/c4-1(2(5)7)3(6)8/h1,3,8H,4,6H2,(H2,5,7)/t1-,3?/m0/s1. The van der Waals surface area contributed by atoms with Crippen LogP contribution in [0.4, 0.5) is 0 Å². The molecule has 0 rings (SSSR count). The van der Waals surface area contributed by atoms with Gasteiger partial charge in [-0.15, -0.1) is 0 Å². The van der Waals surface area contributed by atoms with Gasteiger partial charge in [0.05, 0.1) is 5.37 Å². The molecule has 0 heterocycles. The van der Waals surface area contributed by atoms with E-state index in [2.05, 4.69) is 12.6 Å². The van der Waals surface area contributed by atoms with E-state index in [0.29, 0.717) is 0 Å². The summed E-state index contributed by atoms with van der Waals surface area (Å²) in [4.78, 5) is 10.1. The monoisotopic (exact) mass is 135 g/mol. The van der Waals surface area contributed by atoms with Crippen molar-refractivity contribution in [3.05, 3.63) is 0 Å². The van der Waals surface area contributed by atoms with Gasteiger partial charge in [0.15, 0.2) is 0 Å². The first kappa shape index (κ1) is 7.74. The van der Waals surface area contributed by atoms with Crippen molar-refractivity contribution in [3.8, 4) is 0 Å². The lowest BCUT2D eigenvalue weighted by Gasteiger charge is -2.08. The Kier molecular flexibility index (Phi) is 2.81. The molecule has 0 saturated carbocycles. The minimum absolute atomic E-state index is 0.632. The van der Waals surface area contributed by atoms with Crippen LogP contribution in [0.5, 0.6) is 0 Å². The second-order valence-electron chi connectivity index (χ2n) is 1.42. The number of hydrogen-bond donors (Lipinski definition) is 4. The predicted molar refractivity (Wildman–Crippen MR) is 34.1 cm³/mol. The van der Waals surface area contributed by atoms with Gasteiger partial charge in [0.2, 0.25) is 5.91 Å². The minimum Gasteiger partial charge on any atom is -0.368 e. The molecule has 0 aliphatic carbocycles. The fourth-order valence-electron chi connectivity index (χ4n) is 0.168. The third-order valence-corrected chi connectivity index (χ3v) is 1.02. The predicted octanol–water partition coefficient (Wildman–Crippen LogP) is -1.99. The average Bonchev–Trinajstić information content (AvgIpc) is 1.64. The zero-order valence-corrected chi connectivity index (χ0v) is 5.14. The van der Waals surface area contributed by atoms with Crippen molar-refractivity contribution in [2.75, 3.05) is 0 Å². The van der Waals surface area contributed by atoms with Gasteiger partial charge in [-0.05, 0) is 0 Å². The average molecular weight is 135 g/mol. The third-order valence-electron chi connectivity index (χ3n) is 0.696. The van der Waals surface area contributed by atoms with E-state index in [1.54, 1.807) is 0 Å². The molecule has 0 aromatic rings. The van der Waals surface area contributed by atoms with Crippen molar-refractivity contribution < 1.29 is 4.79 Å². The highest BCUT2D eigenvalue weighted by molar-refractivity contribution is 7.81. The van der Waals surface area contributed by atoms with E-state index in [4.69, 9.17) is 17.2 Å². The first-order valence-electron chi connectivity index (χ1n) is 2.04. The second-order valence-corrected chi connectivity index (χ2v) is 2.02. The molecule has 1 amide bonds. The maximum atomic E-state index is 10.1. The lowest BCUT2D eigenvalue weighted by molar-refractivity contribution is -0.119. The van der Waals surface area contributed by atoms with Gasteiger partial charge < -0.3 is 17.2 Å². The Morgan fingerprint density at radius 2 is 1.88 bits per heavy atom. The molecule has 0 aromatic heterocycles. The van der Waals surface area contributed by atoms with Crippen LogP contribution in [0.15, 0.2) is 0 Å². The molecule has 0 bridgehead atoms. The number of carbonyl (C=O) groups excluding carboxylic acids is 1. The van der Waals surface area contributed by atoms with Crippen molar-refractivity contribution in [1.29, 1.82) is 0 Å². The van der Waals surface area contributed by atoms with Crippen LogP contribution in [0, 0.1) is 0 Å². The number of nitrogens with two attached hydrogens (primary N) is 3. The zero-order valence-electron chi connectivity index (χ0n) is 4.24. The molecule has 4 nitrogen and oxygen atoms in total. The summed E-state index contributed by atoms with van der Waals surface area (Å²) in [6.07, 6.45) is 0. The lowest BCUT2D eigenvalue weighted by atomic mass is 10.3. The largest absolute Gasteiger partial charge is 0.368 e.